The van der Waals surface area contributed by atoms with E-state index in [2.05, 4.69) is 21.0 Å². The van der Waals surface area contributed by atoms with Gasteiger partial charge in [-0.15, -0.1) is 5.10 Å². The summed E-state index contributed by atoms with van der Waals surface area (Å²) in [6, 6.07) is 13.4. The van der Waals surface area contributed by atoms with E-state index in [-0.39, 0.29) is 17.0 Å². The van der Waals surface area contributed by atoms with Crippen LogP contribution >= 0.6 is 11.6 Å². The Morgan fingerprint density at radius 2 is 1.73 bits per heavy atom. The number of para-hydroxylation sites is 1. The molecule has 3 aromatic rings. The van der Waals surface area contributed by atoms with Crippen molar-refractivity contribution < 1.29 is 23.5 Å². The molecule has 0 saturated heterocycles. The number of carbonyl (C=O) groups excluding carboxylic acids is 3. The Morgan fingerprint density at radius 3 is 2.25 bits per heavy atom. The van der Waals surface area contributed by atoms with E-state index in [1.807, 2.05) is 26.8 Å². The van der Waals surface area contributed by atoms with Gasteiger partial charge in [-0.25, -0.2) is 14.4 Å². The summed E-state index contributed by atoms with van der Waals surface area (Å²) in [6.07, 6.45) is -1.45. The molecule has 0 bridgehead atoms. The molecule has 0 saturated carbocycles. The first-order valence-corrected chi connectivity index (χ1v) is 12.8. The molecule has 1 unspecified atom stereocenters. The van der Waals surface area contributed by atoms with Crippen molar-refractivity contribution in [2.45, 2.75) is 46.1 Å². The van der Waals surface area contributed by atoms with Crippen LogP contribution in [0.5, 0.6) is 0 Å². The van der Waals surface area contributed by atoms with Gasteiger partial charge in [-0.3, -0.25) is 10.1 Å². The van der Waals surface area contributed by atoms with Crippen molar-refractivity contribution in [3.8, 4) is 5.69 Å². The molecule has 0 radical (unpaired) electrons. The molecule has 1 aromatic heterocycles. The van der Waals surface area contributed by atoms with Gasteiger partial charge in [-0.2, -0.15) is 4.68 Å². The van der Waals surface area contributed by atoms with Gasteiger partial charge in [-0.1, -0.05) is 50.6 Å². The third kappa shape index (κ3) is 9.45. The Bertz CT molecular complexity index is 1360. The summed E-state index contributed by atoms with van der Waals surface area (Å²) in [7, 11) is 3.27. The number of ether oxygens (including phenoxy) is 1. The second kappa shape index (κ2) is 14.2. The SMILES string of the molecule is CCNC(=O)C(C)OC(=O)Nc1ccccc1.CN(C)C(=O)Nc1ccc(-n2nc(C(C)(C)C)oc2=O)c(Cl)c1. The van der Waals surface area contributed by atoms with Crippen LogP contribution in [0, 0.1) is 0 Å². The maximum atomic E-state index is 12.0. The van der Waals surface area contributed by atoms with Crippen molar-refractivity contribution in [2.24, 2.45) is 0 Å². The van der Waals surface area contributed by atoms with Crippen LogP contribution < -0.4 is 21.7 Å². The number of hydrogen-bond donors (Lipinski definition) is 3. The number of benzene rings is 2. The zero-order chi connectivity index (χ0) is 30.0. The van der Waals surface area contributed by atoms with E-state index < -0.39 is 23.4 Å². The first-order valence-electron chi connectivity index (χ1n) is 12.4. The van der Waals surface area contributed by atoms with Crippen LogP contribution in [-0.2, 0) is 14.9 Å². The van der Waals surface area contributed by atoms with Crippen LogP contribution in [0.2, 0.25) is 5.02 Å². The van der Waals surface area contributed by atoms with E-state index in [0.717, 1.165) is 4.68 Å². The van der Waals surface area contributed by atoms with Gasteiger partial charge in [0, 0.05) is 37.4 Å². The van der Waals surface area contributed by atoms with E-state index >= 15 is 0 Å². The molecule has 40 heavy (non-hydrogen) atoms. The molecular formula is C27H35ClN6O6. The Kier molecular flexibility index (Phi) is 11.3. The maximum Gasteiger partial charge on any atom is 0.442 e. The monoisotopic (exact) mass is 574 g/mol. The number of hydrogen-bond acceptors (Lipinski definition) is 7. The Labute approximate surface area is 237 Å². The van der Waals surface area contributed by atoms with Crippen LogP contribution in [0.4, 0.5) is 21.0 Å². The maximum absolute atomic E-state index is 12.0. The highest BCUT2D eigenvalue weighted by Gasteiger charge is 2.23. The molecule has 1 atom stereocenters. The van der Waals surface area contributed by atoms with Crippen molar-refractivity contribution in [3.05, 3.63) is 70.0 Å². The summed E-state index contributed by atoms with van der Waals surface area (Å²) in [4.78, 5) is 47.8. The molecule has 3 rings (SSSR count). The number of nitrogens with one attached hydrogen (secondary N) is 3. The first kappa shape index (κ1) is 31.9. The van der Waals surface area contributed by atoms with Crippen molar-refractivity contribution in [3.63, 3.8) is 0 Å². The lowest BCUT2D eigenvalue weighted by atomic mass is 9.97. The molecular weight excluding hydrogens is 540 g/mol. The van der Waals surface area contributed by atoms with Crippen molar-refractivity contribution in [1.82, 2.24) is 20.0 Å². The number of aromatic nitrogens is 2. The van der Waals surface area contributed by atoms with Crippen LogP contribution in [0.15, 0.2) is 57.7 Å². The standard InChI is InChI=1S/C15H19ClN4O3.C12H16N2O3/c1-15(2,3)12-18-20(14(22)23-12)11-7-6-9(8-10(11)16)17-13(21)19(4)5;1-3-13-11(15)9(2)17-12(16)14-10-7-5-4-6-8-10/h6-8H,1-5H3,(H,17,21);4-9H,3H2,1-2H3,(H,13,15)(H,14,16). The van der Waals surface area contributed by atoms with Crippen molar-refractivity contribution in [1.29, 1.82) is 0 Å². The average Bonchev–Trinajstić information content (AvgIpc) is 3.27. The molecule has 0 aliphatic heterocycles. The predicted octanol–water partition coefficient (Wildman–Crippen LogP) is 4.63. The smallest absolute Gasteiger partial charge is 0.436 e. The number of anilines is 2. The van der Waals surface area contributed by atoms with Gasteiger partial charge in [0.1, 0.15) is 0 Å². The van der Waals surface area contributed by atoms with E-state index in [1.54, 1.807) is 63.5 Å². The highest BCUT2D eigenvalue weighted by atomic mass is 35.5. The largest absolute Gasteiger partial charge is 0.442 e. The van der Waals surface area contributed by atoms with Crippen LogP contribution in [-0.4, -0.2) is 59.5 Å². The van der Waals surface area contributed by atoms with Crippen LogP contribution in [0.25, 0.3) is 5.69 Å². The molecule has 0 aliphatic rings. The number of rotatable bonds is 6. The second-order valence-electron chi connectivity index (χ2n) is 9.76. The molecule has 0 spiro atoms. The lowest BCUT2D eigenvalue weighted by molar-refractivity contribution is -0.128. The Morgan fingerprint density at radius 1 is 1.07 bits per heavy atom. The van der Waals surface area contributed by atoms with E-state index in [4.69, 9.17) is 20.8 Å². The quantitative estimate of drug-likeness (QED) is 0.389. The number of carbonyl (C=O) groups is 3. The van der Waals surface area contributed by atoms with Gasteiger partial charge in [0.25, 0.3) is 5.91 Å². The molecule has 0 fully saturated rings. The fraction of sp³-hybridized carbons (Fsp3) is 0.370. The topological polar surface area (TPSA) is 148 Å². The van der Waals surface area contributed by atoms with E-state index in [1.165, 1.54) is 11.8 Å². The lowest BCUT2D eigenvalue weighted by Crippen LogP contribution is -2.36. The second-order valence-corrected chi connectivity index (χ2v) is 10.2. The van der Waals surface area contributed by atoms with Gasteiger partial charge in [0.05, 0.1) is 10.7 Å². The first-order chi connectivity index (χ1) is 18.7. The number of urea groups is 1. The molecule has 2 aromatic carbocycles. The minimum absolute atomic E-state index is 0.275. The van der Waals surface area contributed by atoms with E-state index in [9.17, 15) is 19.2 Å². The molecule has 13 heteroatoms. The van der Waals surface area contributed by atoms with Crippen LogP contribution in [0.3, 0.4) is 0 Å². The fourth-order valence-corrected chi connectivity index (χ4v) is 3.19. The molecule has 4 amide bonds. The van der Waals surface area contributed by atoms with Gasteiger partial charge in [0.2, 0.25) is 5.89 Å². The van der Waals surface area contributed by atoms with Gasteiger partial charge >= 0.3 is 17.9 Å². The zero-order valence-corrected chi connectivity index (χ0v) is 24.3. The highest BCUT2D eigenvalue weighted by molar-refractivity contribution is 6.32. The summed E-state index contributed by atoms with van der Waals surface area (Å²) >= 11 is 6.22. The summed E-state index contributed by atoms with van der Waals surface area (Å²) in [5.41, 5.74) is 1.14. The van der Waals surface area contributed by atoms with Crippen LogP contribution in [0.1, 0.15) is 40.5 Å². The minimum Gasteiger partial charge on any atom is -0.436 e. The number of halogens is 1. The predicted molar refractivity (Wildman–Crippen MR) is 153 cm³/mol. The Balaban J connectivity index is 0.000000294. The number of likely N-dealkylation sites (N-methyl/N-ethyl adjacent to an activating group) is 1. The summed E-state index contributed by atoms with van der Waals surface area (Å²) < 4.78 is 11.2. The highest BCUT2D eigenvalue weighted by Crippen LogP contribution is 2.25. The fourth-order valence-electron chi connectivity index (χ4n) is 2.93. The zero-order valence-electron chi connectivity index (χ0n) is 23.6. The van der Waals surface area contributed by atoms with Crippen molar-refractivity contribution >= 4 is 41.0 Å². The lowest BCUT2D eigenvalue weighted by Gasteiger charge is -2.13. The average molecular weight is 575 g/mol. The third-order valence-electron chi connectivity index (χ3n) is 5.05. The summed E-state index contributed by atoms with van der Waals surface area (Å²) in [5.74, 6) is -0.596. The third-order valence-corrected chi connectivity index (χ3v) is 5.35. The van der Waals surface area contributed by atoms with Gasteiger partial charge in [-0.05, 0) is 44.2 Å². The molecule has 12 nitrogen and oxygen atoms in total. The number of amides is 4. The summed E-state index contributed by atoms with van der Waals surface area (Å²) in [5, 5.41) is 12.2. The van der Waals surface area contributed by atoms with Crippen molar-refractivity contribution in [2.75, 3.05) is 31.3 Å². The Hall–Kier alpha value is -4.32. The summed E-state index contributed by atoms with van der Waals surface area (Å²) in [6.45, 7) is 9.51. The minimum atomic E-state index is -0.807. The normalized spacial score (nSPS) is 11.4. The molecule has 3 N–H and O–H groups in total. The van der Waals surface area contributed by atoms with Gasteiger partial charge in [0.15, 0.2) is 6.10 Å². The van der Waals surface area contributed by atoms with Gasteiger partial charge < -0.3 is 24.7 Å². The number of nitrogens with zero attached hydrogens (tertiary/aromatic N) is 3. The molecule has 216 valence electrons. The molecule has 1 heterocycles. The van der Waals surface area contributed by atoms with E-state index in [0.29, 0.717) is 29.5 Å². The molecule has 0 aliphatic carbocycles.